The maximum Gasteiger partial charge on any atom is 0.265 e. The van der Waals surface area contributed by atoms with Crippen LogP contribution in [0.5, 0.6) is 0 Å². The zero-order valence-corrected chi connectivity index (χ0v) is 13.1. The highest BCUT2D eigenvalue weighted by molar-refractivity contribution is 6.12. The molecule has 0 fully saturated rings. The lowest BCUT2D eigenvalue weighted by Gasteiger charge is -2.25. The highest BCUT2D eigenvalue weighted by Gasteiger charge is 2.27. The van der Waals surface area contributed by atoms with Gasteiger partial charge in [0.2, 0.25) is 0 Å². The lowest BCUT2D eigenvalue weighted by Crippen LogP contribution is -2.27. The van der Waals surface area contributed by atoms with Gasteiger partial charge in [0.05, 0.1) is 16.9 Å². The minimum absolute atomic E-state index is 0.0870. The highest BCUT2D eigenvalue weighted by Crippen LogP contribution is 2.37. The molecule has 24 heavy (non-hydrogen) atoms. The van der Waals surface area contributed by atoms with E-state index in [2.05, 4.69) is 0 Å². The van der Waals surface area contributed by atoms with Gasteiger partial charge in [-0.15, -0.1) is 0 Å². The Bertz CT molecular complexity index is 871. The summed E-state index contributed by atoms with van der Waals surface area (Å²) in [4.78, 5) is 14.8. The molecule has 0 atom stereocenters. The van der Waals surface area contributed by atoms with E-state index in [0.717, 1.165) is 35.3 Å². The van der Waals surface area contributed by atoms with Gasteiger partial charge in [-0.05, 0) is 48.2 Å². The number of carbonyl (C=O) groups excluding carboxylic acids is 1. The SMILES string of the molecule is O=C(c1ccccc1F)N1c2ccccc2CCc2ccccc21. The number of fused-ring (bicyclic) bond motifs is 2. The maximum absolute atomic E-state index is 14.2. The minimum Gasteiger partial charge on any atom is -0.276 e. The number of aryl methyl sites for hydroxylation is 2. The molecular formula is C21H16FNO. The highest BCUT2D eigenvalue weighted by atomic mass is 19.1. The van der Waals surface area contributed by atoms with Gasteiger partial charge < -0.3 is 0 Å². The molecule has 4 rings (SSSR count). The van der Waals surface area contributed by atoms with Crippen molar-refractivity contribution in [3.8, 4) is 0 Å². The van der Waals surface area contributed by atoms with Crippen molar-refractivity contribution in [3.63, 3.8) is 0 Å². The number of amides is 1. The second-order valence-electron chi connectivity index (χ2n) is 5.88. The molecule has 3 aromatic carbocycles. The van der Waals surface area contributed by atoms with E-state index in [9.17, 15) is 9.18 Å². The van der Waals surface area contributed by atoms with Crippen LogP contribution < -0.4 is 4.90 Å². The van der Waals surface area contributed by atoms with Crippen molar-refractivity contribution in [2.75, 3.05) is 4.90 Å². The molecule has 0 aliphatic carbocycles. The van der Waals surface area contributed by atoms with Crippen LogP contribution in [0.2, 0.25) is 0 Å². The largest absolute Gasteiger partial charge is 0.276 e. The fourth-order valence-corrected chi connectivity index (χ4v) is 3.25. The first-order valence-electron chi connectivity index (χ1n) is 8.00. The molecule has 1 aliphatic rings. The van der Waals surface area contributed by atoms with Crippen LogP contribution in [0, 0.1) is 5.82 Å². The molecule has 3 aromatic rings. The molecule has 2 nitrogen and oxygen atoms in total. The van der Waals surface area contributed by atoms with Gasteiger partial charge in [0, 0.05) is 0 Å². The predicted octanol–water partition coefficient (Wildman–Crippen LogP) is 4.90. The van der Waals surface area contributed by atoms with Crippen LogP contribution in [0.3, 0.4) is 0 Å². The molecule has 1 heterocycles. The maximum atomic E-state index is 14.2. The Morgan fingerprint density at radius 3 is 1.83 bits per heavy atom. The summed E-state index contributed by atoms with van der Waals surface area (Å²) in [5, 5.41) is 0. The van der Waals surface area contributed by atoms with Gasteiger partial charge in [0.15, 0.2) is 0 Å². The molecule has 0 saturated heterocycles. The van der Waals surface area contributed by atoms with Gasteiger partial charge in [-0.2, -0.15) is 0 Å². The van der Waals surface area contributed by atoms with Crippen LogP contribution in [0.4, 0.5) is 15.8 Å². The quantitative estimate of drug-likeness (QED) is 0.625. The topological polar surface area (TPSA) is 20.3 Å². The van der Waals surface area contributed by atoms with Crippen molar-refractivity contribution >= 4 is 17.3 Å². The zero-order valence-electron chi connectivity index (χ0n) is 13.1. The number of nitrogens with zero attached hydrogens (tertiary/aromatic N) is 1. The third kappa shape index (κ3) is 2.38. The molecule has 3 heteroatoms. The summed E-state index contributed by atoms with van der Waals surface area (Å²) < 4.78 is 14.2. The average Bonchev–Trinajstić information content (AvgIpc) is 2.78. The Kier molecular flexibility index (Phi) is 3.62. The Morgan fingerprint density at radius 1 is 0.750 bits per heavy atom. The summed E-state index contributed by atoms with van der Waals surface area (Å²) >= 11 is 0. The second-order valence-corrected chi connectivity index (χ2v) is 5.88. The van der Waals surface area contributed by atoms with Gasteiger partial charge in [-0.1, -0.05) is 48.5 Å². The summed E-state index contributed by atoms with van der Waals surface area (Å²) in [5.41, 5.74) is 3.94. The van der Waals surface area contributed by atoms with E-state index < -0.39 is 5.82 Å². The van der Waals surface area contributed by atoms with Gasteiger partial charge in [-0.3, -0.25) is 9.69 Å². The van der Waals surface area contributed by atoms with E-state index in [1.54, 1.807) is 17.0 Å². The Balaban J connectivity index is 1.93. The third-order valence-electron chi connectivity index (χ3n) is 4.44. The number of hydrogen-bond donors (Lipinski definition) is 0. The van der Waals surface area contributed by atoms with Gasteiger partial charge >= 0.3 is 0 Å². The molecule has 0 aromatic heterocycles. The van der Waals surface area contributed by atoms with E-state index >= 15 is 0 Å². The lowest BCUT2D eigenvalue weighted by atomic mass is 10.0. The van der Waals surface area contributed by atoms with Crippen LogP contribution in [0.25, 0.3) is 0 Å². The van der Waals surface area contributed by atoms with Gasteiger partial charge in [-0.25, -0.2) is 4.39 Å². The van der Waals surface area contributed by atoms with E-state index in [1.165, 1.54) is 12.1 Å². The first-order valence-corrected chi connectivity index (χ1v) is 8.00. The third-order valence-corrected chi connectivity index (χ3v) is 4.44. The molecule has 0 spiro atoms. The number of para-hydroxylation sites is 2. The van der Waals surface area contributed by atoms with Crippen molar-refractivity contribution < 1.29 is 9.18 Å². The number of benzene rings is 3. The number of hydrogen-bond acceptors (Lipinski definition) is 1. The van der Waals surface area contributed by atoms with Crippen molar-refractivity contribution in [3.05, 3.63) is 95.3 Å². The fourth-order valence-electron chi connectivity index (χ4n) is 3.25. The number of carbonyl (C=O) groups is 1. The summed E-state index contributed by atoms with van der Waals surface area (Å²) in [6.45, 7) is 0. The molecule has 0 unspecified atom stereocenters. The van der Waals surface area contributed by atoms with E-state index in [-0.39, 0.29) is 11.5 Å². The Labute approximate surface area is 140 Å². The molecule has 1 amide bonds. The number of anilines is 2. The molecule has 118 valence electrons. The van der Waals surface area contributed by atoms with Gasteiger partial charge in [0.25, 0.3) is 5.91 Å². The zero-order chi connectivity index (χ0) is 16.5. The molecule has 0 saturated carbocycles. The van der Waals surface area contributed by atoms with Crippen LogP contribution >= 0.6 is 0 Å². The van der Waals surface area contributed by atoms with Crippen LogP contribution in [0.1, 0.15) is 21.5 Å². The molecule has 0 bridgehead atoms. The van der Waals surface area contributed by atoms with Crippen molar-refractivity contribution in [2.24, 2.45) is 0 Å². The Morgan fingerprint density at radius 2 is 1.25 bits per heavy atom. The van der Waals surface area contributed by atoms with E-state index in [4.69, 9.17) is 0 Å². The standard InChI is InChI=1S/C21H16FNO/c22-18-10-4-3-9-17(18)21(24)23-19-11-5-1-7-15(19)13-14-16-8-2-6-12-20(16)23/h1-12H,13-14H2. The number of halogens is 1. The predicted molar refractivity (Wildman–Crippen MR) is 93.2 cm³/mol. The van der Waals surface area contributed by atoms with Crippen LogP contribution in [-0.4, -0.2) is 5.91 Å². The van der Waals surface area contributed by atoms with E-state index in [0.29, 0.717) is 0 Å². The van der Waals surface area contributed by atoms with Crippen molar-refractivity contribution in [1.82, 2.24) is 0 Å². The summed E-state index contributed by atoms with van der Waals surface area (Å²) in [6, 6.07) is 21.8. The molecule has 0 radical (unpaired) electrons. The first-order chi connectivity index (χ1) is 11.8. The van der Waals surface area contributed by atoms with Crippen molar-refractivity contribution in [2.45, 2.75) is 12.8 Å². The van der Waals surface area contributed by atoms with Crippen LogP contribution in [-0.2, 0) is 12.8 Å². The summed E-state index contributed by atoms with van der Waals surface area (Å²) in [7, 11) is 0. The second kappa shape index (κ2) is 5.93. The fraction of sp³-hybridized carbons (Fsp3) is 0.0952. The normalized spacial score (nSPS) is 13.0. The monoisotopic (exact) mass is 317 g/mol. The van der Waals surface area contributed by atoms with Crippen molar-refractivity contribution in [1.29, 1.82) is 0 Å². The molecule has 1 aliphatic heterocycles. The minimum atomic E-state index is -0.498. The number of rotatable bonds is 1. The molecule has 0 N–H and O–H groups in total. The summed E-state index contributed by atoms with van der Waals surface area (Å²) in [5.74, 6) is -0.836. The lowest BCUT2D eigenvalue weighted by molar-refractivity contribution is 0.0995. The smallest absolute Gasteiger partial charge is 0.265 e. The van der Waals surface area contributed by atoms with E-state index in [1.807, 2.05) is 48.5 Å². The Hall–Kier alpha value is -2.94. The molecular weight excluding hydrogens is 301 g/mol. The first kappa shape index (κ1) is 14.6. The van der Waals surface area contributed by atoms with Crippen LogP contribution in [0.15, 0.2) is 72.8 Å². The van der Waals surface area contributed by atoms with Gasteiger partial charge in [0.1, 0.15) is 5.82 Å². The summed E-state index contributed by atoms with van der Waals surface area (Å²) in [6.07, 6.45) is 1.71. The average molecular weight is 317 g/mol.